The number of ether oxygens (including phenoxy) is 2. The minimum absolute atomic E-state index is 0.0166. The molecule has 0 bridgehead atoms. The van der Waals surface area contributed by atoms with Gasteiger partial charge in [0.15, 0.2) is 0 Å². The maximum atomic E-state index is 12.1. The number of phenolic OH excluding ortho intramolecular Hbond substituents is 1. The van der Waals surface area contributed by atoms with Crippen molar-refractivity contribution in [1.82, 2.24) is 30.4 Å². The Labute approximate surface area is 308 Å². The summed E-state index contributed by atoms with van der Waals surface area (Å²) in [5.41, 5.74) is 3.61. The van der Waals surface area contributed by atoms with Crippen molar-refractivity contribution in [3.05, 3.63) is 59.2 Å². The second-order valence-corrected chi connectivity index (χ2v) is 15.0. The van der Waals surface area contributed by atoms with E-state index < -0.39 is 56.7 Å². The molecule has 4 heterocycles. The van der Waals surface area contributed by atoms with Crippen molar-refractivity contribution in [3.63, 3.8) is 0 Å². The molecular formula is C28H33B2ClN6O14S2. The molecule has 0 spiro atoms. The largest absolute Gasteiger partial charge is 0.508 e. The standard InChI is InChI=1S/C14H16BN3O7S.C12H15BO5.C2H2ClN3O2S/c1-3-23-12(19)6-11-13-8(2)4-9(5-10(13)15(20)24-11)25-26(21,22)14-16-7-17-18-14;1-3-17-11(15)6-10-12-7(2)4-8(14)5-9(12)13(16)18-10;3-9(7,8)2-4-1-5-6-2/h4-5,7,11,20H,3,6H2,1-2H3,(H,16,17,18);4-5,10,14,16H,3,6H2,1-2H3;1H,(H,4,5,6). The molecule has 0 aliphatic carbocycles. The average Bonchev–Trinajstić information content (AvgIpc) is 3.87. The molecule has 2 aliphatic rings. The number of halogens is 1. The van der Waals surface area contributed by atoms with E-state index in [9.17, 15) is 41.6 Å². The van der Waals surface area contributed by atoms with Gasteiger partial charge in [0.05, 0.1) is 38.3 Å². The fourth-order valence-corrected chi connectivity index (χ4v) is 6.69. The number of esters is 2. The minimum Gasteiger partial charge on any atom is -0.508 e. The molecule has 2 aromatic carbocycles. The van der Waals surface area contributed by atoms with Crippen LogP contribution < -0.4 is 15.1 Å². The Kier molecular flexibility index (Phi) is 13.6. The van der Waals surface area contributed by atoms with Crippen molar-refractivity contribution in [1.29, 1.82) is 0 Å². The van der Waals surface area contributed by atoms with Gasteiger partial charge >= 0.3 is 36.3 Å². The molecule has 25 heteroatoms. The third-order valence-corrected chi connectivity index (χ3v) is 9.51. The summed E-state index contributed by atoms with van der Waals surface area (Å²) >= 11 is 0. The second kappa shape index (κ2) is 17.5. The Hall–Kier alpha value is -4.58. The van der Waals surface area contributed by atoms with Gasteiger partial charge in [-0.05, 0) is 85.1 Å². The monoisotopic (exact) mass is 798 g/mol. The highest BCUT2D eigenvalue weighted by molar-refractivity contribution is 8.13. The number of phenols is 1. The Morgan fingerprint density at radius 1 is 0.811 bits per heavy atom. The van der Waals surface area contributed by atoms with Crippen LogP contribution in [0.3, 0.4) is 0 Å². The number of carbonyl (C=O) groups is 2. The summed E-state index contributed by atoms with van der Waals surface area (Å²) in [5.74, 6) is -0.761. The Morgan fingerprint density at radius 2 is 1.28 bits per heavy atom. The maximum Gasteiger partial charge on any atom is 0.492 e. The van der Waals surface area contributed by atoms with Crippen LogP contribution in [0.1, 0.15) is 61.2 Å². The lowest BCUT2D eigenvalue weighted by atomic mass is 9.77. The first-order chi connectivity index (χ1) is 24.9. The number of nitrogens with one attached hydrogen (secondary N) is 2. The van der Waals surface area contributed by atoms with Crippen LogP contribution in [0, 0.1) is 13.8 Å². The van der Waals surface area contributed by atoms with Crippen LogP contribution in [-0.2, 0) is 47.5 Å². The van der Waals surface area contributed by atoms with Gasteiger partial charge in [-0.25, -0.2) is 28.6 Å². The molecule has 6 rings (SSSR count). The molecule has 0 fully saturated rings. The van der Waals surface area contributed by atoms with Crippen molar-refractivity contribution in [3.8, 4) is 11.5 Å². The van der Waals surface area contributed by atoms with Crippen LogP contribution in [0.15, 0.2) is 47.2 Å². The molecule has 0 radical (unpaired) electrons. The number of hydrogen-bond acceptors (Lipinski definition) is 18. The number of fused-ring (bicyclic) bond motifs is 2. The number of rotatable bonds is 10. The highest BCUT2D eigenvalue weighted by Crippen LogP contribution is 2.33. The summed E-state index contributed by atoms with van der Waals surface area (Å²) in [6, 6.07) is 5.87. The first-order valence-electron chi connectivity index (χ1n) is 15.5. The van der Waals surface area contributed by atoms with Crippen molar-refractivity contribution in [2.75, 3.05) is 13.2 Å². The van der Waals surface area contributed by atoms with Gasteiger partial charge in [0.1, 0.15) is 24.2 Å². The number of carbonyl (C=O) groups excluding carboxylic acids is 2. The van der Waals surface area contributed by atoms with Crippen LogP contribution in [0.2, 0.25) is 0 Å². The summed E-state index contributed by atoms with van der Waals surface area (Å²) in [4.78, 5) is 30.0. The number of aromatic hydroxyl groups is 1. The van der Waals surface area contributed by atoms with Gasteiger partial charge in [-0.1, -0.05) is 0 Å². The van der Waals surface area contributed by atoms with Crippen molar-refractivity contribution in [2.24, 2.45) is 0 Å². The molecule has 284 valence electrons. The van der Waals surface area contributed by atoms with E-state index in [4.69, 9.17) is 33.6 Å². The summed E-state index contributed by atoms with van der Waals surface area (Å²) < 4.78 is 70.4. The molecule has 2 aromatic heterocycles. The summed E-state index contributed by atoms with van der Waals surface area (Å²) in [7, 11) is -5.48. The van der Waals surface area contributed by atoms with Gasteiger partial charge in [-0.2, -0.15) is 18.6 Å². The van der Waals surface area contributed by atoms with E-state index in [0.29, 0.717) is 28.7 Å². The number of aryl methyl sites for hydroxylation is 2. The quantitative estimate of drug-likeness (QED) is 0.0597. The highest BCUT2D eigenvalue weighted by Gasteiger charge is 2.39. The number of nitrogens with zero attached hydrogens (tertiary/aromatic N) is 4. The molecule has 0 saturated heterocycles. The van der Waals surface area contributed by atoms with Gasteiger partial charge in [-0.15, -0.1) is 0 Å². The summed E-state index contributed by atoms with van der Waals surface area (Å²) in [6.45, 7) is 7.49. The zero-order chi connectivity index (χ0) is 39.1. The molecule has 0 saturated carbocycles. The van der Waals surface area contributed by atoms with Crippen molar-refractivity contribution in [2.45, 2.75) is 63.1 Å². The predicted molar refractivity (Wildman–Crippen MR) is 183 cm³/mol. The SMILES string of the molecule is CCOC(=O)CC1OB(O)c2cc(O)cc(C)c21.CCOC(=O)CC1OB(O)c2cc(OS(=O)(=O)c3ncn[nH]3)cc(C)c21.O=S(=O)(Cl)c1ncn[nH]1. The molecule has 2 atom stereocenters. The molecule has 20 nitrogen and oxygen atoms in total. The third kappa shape index (κ3) is 10.5. The number of aromatic amines is 2. The molecule has 4 aromatic rings. The van der Waals surface area contributed by atoms with Crippen LogP contribution >= 0.6 is 10.7 Å². The van der Waals surface area contributed by atoms with Crippen molar-refractivity contribution < 1.29 is 64.5 Å². The van der Waals surface area contributed by atoms with Crippen LogP contribution in [0.5, 0.6) is 11.5 Å². The van der Waals surface area contributed by atoms with E-state index in [1.165, 1.54) is 18.2 Å². The highest BCUT2D eigenvalue weighted by atomic mass is 35.7. The zero-order valence-electron chi connectivity index (χ0n) is 28.4. The van der Waals surface area contributed by atoms with E-state index in [2.05, 4.69) is 30.4 Å². The second-order valence-electron chi connectivity index (χ2n) is 11.0. The van der Waals surface area contributed by atoms with E-state index in [1.807, 2.05) is 0 Å². The lowest BCUT2D eigenvalue weighted by Gasteiger charge is -2.14. The maximum absolute atomic E-state index is 12.1. The van der Waals surface area contributed by atoms with Gasteiger partial charge in [0, 0.05) is 10.7 Å². The van der Waals surface area contributed by atoms with Gasteiger partial charge in [0.25, 0.3) is 19.4 Å². The topological polar surface area (TPSA) is 292 Å². The van der Waals surface area contributed by atoms with Gasteiger partial charge < -0.3 is 38.1 Å². The van der Waals surface area contributed by atoms with Crippen LogP contribution in [0.4, 0.5) is 0 Å². The number of aromatic nitrogens is 6. The van der Waals surface area contributed by atoms with Crippen LogP contribution in [0.25, 0.3) is 0 Å². The Morgan fingerprint density at radius 3 is 1.72 bits per heavy atom. The van der Waals surface area contributed by atoms with E-state index in [-0.39, 0.29) is 42.1 Å². The van der Waals surface area contributed by atoms with Gasteiger partial charge in [0.2, 0.25) is 0 Å². The Balaban J connectivity index is 0.000000200. The number of hydrogen-bond donors (Lipinski definition) is 5. The lowest BCUT2D eigenvalue weighted by molar-refractivity contribution is -0.146. The fourth-order valence-electron chi connectivity index (χ4n) is 5.36. The average molecular weight is 799 g/mol. The minimum atomic E-state index is -4.19. The molecule has 53 heavy (non-hydrogen) atoms. The predicted octanol–water partition coefficient (Wildman–Crippen LogP) is -0.262. The van der Waals surface area contributed by atoms with E-state index in [1.54, 1.807) is 33.8 Å². The van der Waals surface area contributed by atoms with Gasteiger partial charge in [-0.3, -0.25) is 9.59 Å². The number of benzene rings is 2. The molecule has 0 amide bonds. The summed E-state index contributed by atoms with van der Waals surface area (Å²) in [6.07, 6.45) is 0.907. The van der Waals surface area contributed by atoms with Crippen molar-refractivity contribution >= 4 is 67.0 Å². The zero-order valence-corrected chi connectivity index (χ0v) is 30.8. The smallest absolute Gasteiger partial charge is 0.492 e. The molecular weight excluding hydrogens is 766 g/mol. The molecule has 5 N–H and O–H groups in total. The van der Waals surface area contributed by atoms with E-state index >= 15 is 0 Å². The first-order valence-corrected chi connectivity index (χ1v) is 19.2. The first kappa shape index (κ1) is 41.2. The normalized spacial score (nSPS) is 16.1. The fraction of sp³-hybridized carbons (Fsp3) is 0.357. The van der Waals surface area contributed by atoms with E-state index in [0.717, 1.165) is 23.8 Å². The summed E-state index contributed by atoms with van der Waals surface area (Å²) in [5, 5.41) is 39.7. The Bertz CT molecular complexity index is 2130. The van der Waals surface area contributed by atoms with Crippen LogP contribution in [-0.4, -0.2) is 102 Å². The molecule has 2 unspecified atom stereocenters. The number of H-pyrrole nitrogens is 2. The molecule has 2 aliphatic heterocycles. The lowest BCUT2D eigenvalue weighted by Crippen LogP contribution is -2.28. The third-order valence-electron chi connectivity index (χ3n) is 7.33.